The number of fused-ring (bicyclic) bond motifs is 1. The van der Waals surface area contributed by atoms with Crippen molar-refractivity contribution in [1.82, 2.24) is 0 Å². The van der Waals surface area contributed by atoms with E-state index in [1.54, 1.807) is 0 Å². The lowest BCUT2D eigenvalue weighted by molar-refractivity contribution is -0.118. The summed E-state index contributed by atoms with van der Waals surface area (Å²) in [5, 5.41) is 2.27. The van der Waals surface area contributed by atoms with Gasteiger partial charge in [0.05, 0.1) is 5.69 Å². The molecule has 0 saturated carbocycles. The molecule has 0 unspecified atom stereocenters. The van der Waals surface area contributed by atoms with E-state index in [1.165, 1.54) is 0 Å². The molecule has 100 valence electrons. The summed E-state index contributed by atoms with van der Waals surface area (Å²) in [6.45, 7) is 2.68. The maximum Gasteiger partial charge on any atom is 0.227 e. The predicted molar refractivity (Wildman–Crippen MR) is 81.9 cm³/mol. The molecule has 0 aliphatic rings. The number of hydrogen-bond acceptors (Lipinski definition) is 1. The topological polar surface area (TPSA) is 20.3 Å². The van der Waals surface area contributed by atoms with Crippen molar-refractivity contribution >= 4 is 34.0 Å². The normalized spacial score (nSPS) is 10.6. The molecule has 0 fully saturated rings. The number of rotatable bonds is 5. The van der Waals surface area contributed by atoms with Gasteiger partial charge in [-0.2, -0.15) is 0 Å². The summed E-state index contributed by atoms with van der Waals surface area (Å²) in [5.41, 5.74) is 0.986. The molecule has 0 spiro atoms. The van der Waals surface area contributed by atoms with Crippen LogP contribution in [0.15, 0.2) is 42.5 Å². The van der Waals surface area contributed by atoms with E-state index < -0.39 is 0 Å². The van der Waals surface area contributed by atoms with Crippen molar-refractivity contribution in [1.29, 1.82) is 0 Å². The average molecular weight is 276 g/mol. The van der Waals surface area contributed by atoms with Gasteiger partial charge in [0.1, 0.15) is 0 Å². The molecular formula is C16H18ClNO. The molecule has 0 radical (unpaired) electrons. The van der Waals surface area contributed by atoms with Crippen molar-refractivity contribution in [2.45, 2.75) is 19.8 Å². The predicted octanol–water partition coefficient (Wildman–Crippen LogP) is 4.21. The van der Waals surface area contributed by atoms with Gasteiger partial charge in [-0.3, -0.25) is 4.79 Å². The third kappa shape index (κ3) is 3.07. The number of carbonyl (C=O) groups is 1. The molecule has 0 bridgehead atoms. The van der Waals surface area contributed by atoms with Crippen LogP contribution in [0.4, 0.5) is 5.69 Å². The van der Waals surface area contributed by atoms with Crippen LogP contribution in [0.25, 0.3) is 10.8 Å². The van der Waals surface area contributed by atoms with Crippen LogP contribution >= 0.6 is 11.6 Å². The van der Waals surface area contributed by atoms with Gasteiger partial charge in [-0.1, -0.05) is 36.4 Å². The Labute approximate surface area is 119 Å². The number of carbonyl (C=O) groups excluding carboxylic acids is 1. The summed E-state index contributed by atoms with van der Waals surface area (Å²) >= 11 is 5.66. The molecule has 0 heterocycles. The molecule has 0 aromatic heterocycles. The van der Waals surface area contributed by atoms with Crippen LogP contribution in [-0.2, 0) is 4.79 Å². The van der Waals surface area contributed by atoms with Gasteiger partial charge in [0.2, 0.25) is 5.91 Å². The van der Waals surface area contributed by atoms with Gasteiger partial charge in [-0.15, -0.1) is 11.6 Å². The van der Waals surface area contributed by atoms with Crippen LogP contribution in [0.3, 0.4) is 0 Å². The third-order valence-corrected chi connectivity index (χ3v) is 3.47. The standard InChI is InChI=1S/C16H18ClNO/c1-2-18(16(19)11-6-12-17)15-10-5-8-13-7-3-4-9-14(13)15/h3-5,7-10H,2,6,11-12H2,1H3. The van der Waals surface area contributed by atoms with E-state index in [9.17, 15) is 4.79 Å². The smallest absolute Gasteiger partial charge is 0.227 e. The maximum atomic E-state index is 12.2. The van der Waals surface area contributed by atoms with E-state index in [0.29, 0.717) is 18.8 Å². The van der Waals surface area contributed by atoms with E-state index in [-0.39, 0.29) is 5.91 Å². The van der Waals surface area contributed by atoms with Gasteiger partial charge in [-0.05, 0) is 24.8 Å². The lowest BCUT2D eigenvalue weighted by Gasteiger charge is -2.22. The highest BCUT2D eigenvalue weighted by molar-refractivity contribution is 6.18. The van der Waals surface area contributed by atoms with Crippen LogP contribution < -0.4 is 4.90 Å². The number of halogens is 1. The molecule has 0 N–H and O–H groups in total. The molecule has 2 rings (SSSR count). The lowest BCUT2D eigenvalue weighted by Crippen LogP contribution is -2.30. The van der Waals surface area contributed by atoms with Gasteiger partial charge in [0, 0.05) is 24.2 Å². The van der Waals surface area contributed by atoms with Crippen molar-refractivity contribution < 1.29 is 4.79 Å². The van der Waals surface area contributed by atoms with E-state index in [1.807, 2.05) is 36.1 Å². The third-order valence-electron chi connectivity index (χ3n) is 3.20. The lowest BCUT2D eigenvalue weighted by atomic mass is 10.1. The van der Waals surface area contributed by atoms with Crippen molar-refractivity contribution in [2.24, 2.45) is 0 Å². The fraction of sp³-hybridized carbons (Fsp3) is 0.312. The highest BCUT2D eigenvalue weighted by atomic mass is 35.5. The first kappa shape index (κ1) is 13.9. The van der Waals surface area contributed by atoms with Crippen LogP contribution in [-0.4, -0.2) is 18.3 Å². The SMILES string of the molecule is CCN(C(=O)CCCCl)c1cccc2ccccc12. The van der Waals surface area contributed by atoms with Gasteiger partial charge >= 0.3 is 0 Å². The summed E-state index contributed by atoms with van der Waals surface area (Å²) in [7, 11) is 0. The Balaban J connectivity index is 2.38. The second-order valence-electron chi connectivity index (χ2n) is 4.43. The van der Waals surface area contributed by atoms with Crippen molar-refractivity contribution in [3.63, 3.8) is 0 Å². The van der Waals surface area contributed by atoms with Crippen molar-refractivity contribution in [3.8, 4) is 0 Å². The molecule has 0 aliphatic heterocycles. The first-order valence-corrected chi connectivity index (χ1v) is 7.15. The van der Waals surface area contributed by atoms with Crippen molar-refractivity contribution in [2.75, 3.05) is 17.3 Å². The Hall–Kier alpha value is -1.54. The van der Waals surface area contributed by atoms with Gasteiger partial charge < -0.3 is 4.90 Å². The first-order chi connectivity index (χ1) is 9.27. The summed E-state index contributed by atoms with van der Waals surface area (Å²) in [4.78, 5) is 14.1. The molecule has 3 heteroatoms. The largest absolute Gasteiger partial charge is 0.312 e. The fourth-order valence-electron chi connectivity index (χ4n) is 2.28. The maximum absolute atomic E-state index is 12.2. The van der Waals surface area contributed by atoms with Crippen molar-refractivity contribution in [3.05, 3.63) is 42.5 Å². The molecule has 2 nitrogen and oxygen atoms in total. The zero-order valence-corrected chi connectivity index (χ0v) is 11.9. The van der Waals surface area contributed by atoms with Gasteiger partial charge in [0.25, 0.3) is 0 Å². The van der Waals surface area contributed by atoms with Crippen LogP contribution in [0.5, 0.6) is 0 Å². The first-order valence-electron chi connectivity index (χ1n) is 6.62. The molecule has 0 aliphatic carbocycles. The Morgan fingerprint density at radius 1 is 1.16 bits per heavy atom. The monoisotopic (exact) mass is 275 g/mol. The van der Waals surface area contributed by atoms with Crippen LogP contribution in [0, 0.1) is 0 Å². The highest BCUT2D eigenvalue weighted by Crippen LogP contribution is 2.27. The minimum absolute atomic E-state index is 0.138. The zero-order chi connectivity index (χ0) is 13.7. The number of nitrogens with zero attached hydrogens (tertiary/aromatic N) is 1. The summed E-state index contributed by atoms with van der Waals surface area (Å²) in [5.74, 6) is 0.665. The fourth-order valence-corrected chi connectivity index (χ4v) is 2.41. The van der Waals surface area contributed by atoms with Gasteiger partial charge in [0.15, 0.2) is 0 Å². The molecule has 0 saturated heterocycles. The minimum atomic E-state index is 0.138. The van der Waals surface area contributed by atoms with E-state index in [2.05, 4.69) is 18.2 Å². The second kappa shape index (κ2) is 6.58. The van der Waals surface area contributed by atoms with Crippen LogP contribution in [0.2, 0.25) is 0 Å². The molecule has 1 amide bonds. The molecule has 2 aromatic rings. The minimum Gasteiger partial charge on any atom is -0.312 e. The number of amides is 1. The Morgan fingerprint density at radius 2 is 1.89 bits per heavy atom. The molecule has 0 atom stereocenters. The Kier molecular flexibility index (Phi) is 4.80. The summed E-state index contributed by atoms with van der Waals surface area (Å²) in [6.07, 6.45) is 1.22. The number of anilines is 1. The average Bonchev–Trinajstić information content (AvgIpc) is 2.46. The number of hydrogen-bond donors (Lipinski definition) is 0. The quantitative estimate of drug-likeness (QED) is 0.749. The second-order valence-corrected chi connectivity index (χ2v) is 4.81. The van der Waals surface area contributed by atoms with E-state index in [0.717, 1.165) is 22.9 Å². The van der Waals surface area contributed by atoms with E-state index >= 15 is 0 Å². The highest BCUT2D eigenvalue weighted by Gasteiger charge is 2.15. The molecular weight excluding hydrogens is 258 g/mol. The molecule has 2 aromatic carbocycles. The number of benzene rings is 2. The Bertz CT molecular complexity index is 562. The summed E-state index contributed by atoms with van der Waals surface area (Å²) < 4.78 is 0. The zero-order valence-electron chi connectivity index (χ0n) is 11.1. The van der Waals surface area contributed by atoms with Gasteiger partial charge in [-0.25, -0.2) is 0 Å². The molecule has 19 heavy (non-hydrogen) atoms. The Morgan fingerprint density at radius 3 is 2.63 bits per heavy atom. The van der Waals surface area contributed by atoms with Crippen LogP contribution in [0.1, 0.15) is 19.8 Å². The summed E-state index contributed by atoms with van der Waals surface area (Å²) in [6, 6.07) is 14.2. The van der Waals surface area contributed by atoms with E-state index in [4.69, 9.17) is 11.6 Å². The number of alkyl halides is 1.